The van der Waals surface area contributed by atoms with Gasteiger partial charge in [0.1, 0.15) is 10.8 Å². The van der Waals surface area contributed by atoms with E-state index < -0.39 is 0 Å². The van der Waals surface area contributed by atoms with Gasteiger partial charge in [0.2, 0.25) is 5.91 Å². The van der Waals surface area contributed by atoms with Gasteiger partial charge in [0.15, 0.2) is 0 Å². The molecule has 168 valence electrons. The number of hydrogen-bond acceptors (Lipinski definition) is 6. The van der Waals surface area contributed by atoms with Gasteiger partial charge in [0.25, 0.3) is 0 Å². The number of rotatable bonds is 7. The zero-order valence-electron chi connectivity index (χ0n) is 18.5. The Kier molecular flexibility index (Phi) is 7.27. The Balaban J connectivity index is 1.78. The average Bonchev–Trinajstić information content (AvgIpc) is 3.12. The second-order valence-electron chi connectivity index (χ2n) is 8.42. The molecule has 2 heterocycles. The number of amides is 1. The third-order valence-electron chi connectivity index (χ3n) is 6.37. The molecule has 2 aromatic rings. The van der Waals surface area contributed by atoms with E-state index in [1.807, 2.05) is 6.07 Å². The lowest BCUT2D eigenvalue weighted by atomic mass is 9.88. The Labute approximate surface area is 188 Å². The van der Waals surface area contributed by atoms with Gasteiger partial charge in [0.05, 0.1) is 19.8 Å². The fourth-order valence-corrected chi connectivity index (χ4v) is 6.26. The van der Waals surface area contributed by atoms with Crippen molar-refractivity contribution >= 4 is 22.2 Å². The molecule has 1 fully saturated rings. The maximum atomic E-state index is 12.1. The van der Waals surface area contributed by atoms with Gasteiger partial charge in [-0.25, -0.2) is 0 Å². The van der Waals surface area contributed by atoms with Crippen LogP contribution in [0.4, 0.5) is 5.00 Å². The number of methoxy groups -OCH3 is 1. The molecule has 1 aliphatic carbocycles. The van der Waals surface area contributed by atoms with Crippen molar-refractivity contribution in [3.63, 3.8) is 0 Å². The molecule has 1 saturated heterocycles. The number of carbonyl (C=O) groups is 1. The van der Waals surface area contributed by atoms with Crippen LogP contribution in [-0.4, -0.2) is 67.3 Å². The topological polar surface area (TPSA) is 65.0 Å². The highest BCUT2D eigenvalue weighted by molar-refractivity contribution is 7.16. The van der Waals surface area contributed by atoms with Crippen molar-refractivity contribution in [1.29, 1.82) is 0 Å². The molecular formula is C24H33N3O3S. The van der Waals surface area contributed by atoms with Gasteiger partial charge in [-0.2, -0.15) is 0 Å². The monoisotopic (exact) mass is 443 g/mol. The van der Waals surface area contributed by atoms with Gasteiger partial charge >= 0.3 is 0 Å². The Morgan fingerprint density at radius 2 is 2.00 bits per heavy atom. The summed E-state index contributed by atoms with van der Waals surface area (Å²) in [6.07, 6.45) is 4.59. The number of nitrogens with zero attached hydrogens (tertiary/aromatic N) is 2. The highest BCUT2D eigenvalue weighted by Gasteiger charge is 2.33. The Morgan fingerprint density at radius 3 is 2.71 bits per heavy atom. The second-order valence-corrected chi connectivity index (χ2v) is 9.52. The summed E-state index contributed by atoms with van der Waals surface area (Å²) in [6, 6.07) is 8.43. The molecule has 6 nitrogen and oxygen atoms in total. The number of nitrogens with one attached hydrogen (secondary N) is 1. The van der Waals surface area contributed by atoms with E-state index in [-0.39, 0.29) is 18.6 Å². The van der Waals surface area contributed by atoms with Crippen LogP contribution in [0.5, 0.6) is 5.75 Å². The first-order chi connectivity index (χ1) is 15.1. The van der Waals surface area contributed by atoms with E-state index in [2.05, 4.69) is 33.3 Å². The normalized spacial score (nSPS) is 18.4. The first-order valence-corrected chi connectivity index (χ1v) is 12.1. The highest BCUT2D eigenvalue weighted by atomic mass is 32.1. The van der Waals surface area contributed by atoms with Crippen molar-refractivity contribution in [3.8, 4) is 5.75 Å². The van der Waals surface area contributed by atoms with Crippen molar-refractivity contribution in [2.45, 2.75) is 38.6 Å². The summed E-state index contributed by atoms with van der Waals surface area (Å²) in [5.41, 5.74) is 3.91. The fraction of sp³-hybridized carbons (Fsp3) is 0.542. The molecule has 1 atom stereocenters. The van der Waals surface area contributed by atoms with Crippen molar-refractivity contribution in [3.05, 3.63) is 45.8 Å². The molecule has 1 aromatic heterocycles. The summed E-state index contributed by atoms with van der Waals surface area (Å²) < 4.78 is 5.54. The zero-order valence-corrected chi connectivity index (χ0v) is 19.3. The van der Waals surface area contributed by atoms with Crippen molar-refractivity contribution in [2.24, 2.45) is 0 Å². The van der Waals surface area contributed by atoms with Crippen LogP contribution in [0, 0.1) is 0 Å². The van der Waals surface area contributed by atoms with Gasteiger partial charge < -0.3 is 15.2 Å². The van der Waals surface area contributed by atoms with Crippen LogP contribution in [0.25, 0.3) is 0 Å². The molecule has 31 heavy (non-hydrogen) atoms. The number of thiophene rings is 1. The zero-order chi connectivity index (χ0) is 21.8. The molecule has 0 radical (unpaired) electrons. The molecule has 2 N–H and O–H groups in total. The lowest BCUT2D eigenvalue weighted by molar-refractivity contribution is -0.114. The van der Waals surface area contributed by atoms with Crippen LogP contribution < -0.4 is 10.1 Å². The van der Waals surface area contributed by atoms with E-state index in [0.29, 0.717) is 0 Å². The molecule has 1 amide bonds. The number of piperazine rings is 1. The van der Waals surface area contributed by atoms with Gasteiger partial charge in [-0.05, 0) is 48.9 Å². The number of hydrogen-bond donors (Lipinski definition) is 2. The number of aliphatic hydroxyl groups excluding tert-OH is 1. The lowest BCUT2D eigenvalue weighted by Gasteiger charge is -2.40. The van der Waals surface area contributed by atoms with Crippen LogP contribution >= 0.6 is 11.3 Å². The van der Waals surface area contributed by atoms with Gasteiger partial charge in [-0.1, -0.05) is 12.1 Å². The predicted molar refractivity (Wildman–Crippen MR) is 125 cm³/mol. The van der Waals surface area contributed by atoms with Crippen LogP contribution in [0.1, 0.15) is 47.4 Å². The molecule has 2 aliphatic rings. The first kappa shape index (κ1) is 22.3. The number of aryl methyl sites for hydroxylation is 1. The van der Waals surface area contributed by atoms with E-state index in [9.17, 15) is 9.90 Å². The smallest absolute Gasteiger partial charge is 0.221 e. The number of carbonyl (C=O) groups excluding carboxylic acids is 1. The van der Waals surface area contributed by atoms with Crippen LogP contribution in [0.15, 0.2) is 24.3 Å². The van der Waals surface area contributed by atoms with E-state index in [1.54, 1.807) is 25.4 Å². The standard InChI is InChI=1S/C24H33N3O3S/c1-17(29)25-24-22(20-8-3-4-9-21(20)31-24)23(18-6-5-7-19(16-18)30-2)27-12-10-26(11-13-27)14-15-28/h5-7,16,23,28H,3-4,8-15H2,1-2H3,(H,25,29)/t23-/m0/s1. The maximum absolute atomic E-state index is 12.1. The van der Waals surface area contributed by atoms with Gasteiger partial charge in [-0.3, -0.25) is 14.6 Å². The predicted octanol–water partition coefficient (Wildman–Crippen LogP) is 3.29. The number of anilines is 1. The summed E-state index contributed by atoms with van der Waals surface area (Å²) in [4.78, 5) is 18.3. The third-order valence-corrected chi connectivity index (χ3v) is 7.60. The summed E-state index contributed by atoms with van der Waals surface area (Å²) in [5.74, 6) is 0.837. The fourth-order valence-electron chi connectivity index (χ4n) is 4.89. The molecule has 0 saturated carbocycles. The number of aliphatic hydroxyl groups is 1. The molecule has 4 rings (SSSR count). The van der Waals surface area contributed by atoms with Crippen LogP contribution in [0.3, 0.4) is 0 Å². The lowest BCUT2D eigenvalue weighted by Crippen LogP contribution is -2.48. The summed E-state index contributed by atoms with van der Waals surface area (Å²) in [6.45, 7) is 6.23. The van der Waals surface area contributed by atoms with Gasteiger partial charge in [0, 0.05) is 50.1 Å². The number of β-amino-alcohol motifs (C(OH)–C–C–N with tert-alkyl or cyclic N) is 1. The minimum Gasteiger partial charge on any atom is -0.497 e. The minimum atomic E-state index is -0.0167. The molecular weight excluding hydrogens is 410 g/mol. The third kappa shape index (κ3) is 4.95. The SMILES string of the molecule is COc1cccc([C@@H](c2c(NC(C)=O)sc3c2CCCC3)N2CCN(CCO)CC2)c1. The van der Waals surface area contributed by atoms with E-state index in [4.69, 9.17) is 4.74 Å². The number of ether oxygens (including phenoxy) is 1. The molecule has 7 heteroatoms. The Hall–Kier alpha value is -1.93. The maximum Gasteiger partial charge on any atom is 0.221 e. The van der Waals surface area contributed by atoms with Crippen LogP contribution in [0.2, 0.25) is 0 Å². The minimum absolute atomic E-state index is 0.0167. The molecule has 0 spiro atoms. The van der Waals surface area contributed by atoms with E-state index in [1.165, 1.54) is 34.4 Å². The molecule has 1 aromatic carbocycles. The summed E-state index contributed by atoms with van der Waals surface area (Å²) >= 11 is 1.76. The van der Waals surface area contributed by atoms with Gasteiger partial charge in [-0.15, -0.1) is 11.3 Å². The summed E-state index contributed by atoms with van der Waals surface area (Å²) in [7, 11) is 1.71. The van der Waals surface area contributed by atoms with E-state index in [0.717, 1.165) is 56.3 Å². The highest BCUT2D eigenvalue weighted by Crippen LogP contribution is 2.46. The molecule has 1 aliphatic heterocycles. The second kappa shape index (κ2) is 10.1. The average molecular weight is 444 g/mol. The Morgan fingerprint density at radius 1 is 1.23 bits per heavy atom. The van der Waals surface area contributed by atoms with Crippen LogP contribution in [-0.2, 0) is 17.6 Å². The Bertz CT molecular complexity index is 905. The number of benzene rings is 1. The quantitative estimate of drug-likeness (QED) is 0.688. The van der Waals surface area contributed by atoms with E-state index >= 15 is 0 Å². The molecule has 0 unspecified atom stereocenters. The van der Waals surface area contributed by atoms with Crippen molar-refractivity contribution < 1.29 is 14.6 Å². The first-order valence-electron chi connectivity index (χ1n) is 11.2. The molecule has 0 bridgehead atoms. The summed E-state index contributed by atoms with van der Waals surface area (Å²) in [5, 5.41) is 13.5. The largest absolute Gasteiger partial charge is 0.497 e. The van der Waals surface area contributed by atoms with Crippen molar-refractivity contribution in [1.82, 2.24) is 9.80 Å². The van der Waals surface area contributed by atoms with Crippen molar-refractivity contribution in [2.75, 3.05) is 51.8 Å². The number of fused-ring (bicyclic) bond motifs is 1.